The molecule has 204 valence electrons. The summed E-state index contributed by atoms with van der Waals surface area (Å²) in [6.45, 7) is 0. The molecule has 1 aromatic carbocycles. The molecule has 0 unspecified atom stereocenters. The van der Waals surface area contributed by atoms with Crippen molar-refractivity contribution in [1.82, 2.24) is 9.88 Å². The monoisotopic (exact) mass is 551 g/mol. The summed E-state index contributed by atoms with van der Waals surface area (Å²) in [5.41, 5.74) is 4.03. The number of rotatable bonds is 5. The van der Waals surface area contributed by atoms with E-state index in [0.717, 1.165) is 0 Å². The van der Waals surface area contributed by atoms with E-state index in [1.807, 2.05) is 18.4 Å². The summed E-state index contributed by atoms with van der Waals surface area (Å²) >= 11 is 1.45. The molecule has 4 atom stereocenters. The van der Waals surface area contributed by atoms with Crippen LogP contribution in [-0.4, -0.2) is 79.8 Å². The van der Waals surface area contributed by atoms with Gasteiger partial charge in [-0.1, -0.05) is 6.07 Å². The Morgan fingerprint density at radius 2 is 1.95 bits per heavy atom. The Labute approximate surface area is 228 Å². The maximum Gasteiger partial charge on any atom is 0.255 e. The molecule has 5 rings (SSSR count). The Morgan fingerprint density at radius 3 is 2.54 bits per heavy atom. The Bertz CT molecular complexity index is 1480. The van der Waals surface area contributed by atoms with Gasteiger partial charge in [-0.05, 0) is 62.9 Å². The number of aromatic hydroxyl groups is 1. The van der Waals surface area contributed by atoms with Gasteiger partial charge in [-0.3, -0.25) is 24.3 Å². The highest BCUT2D eigenvalue weighted by Crippen LogP contribution is 2.53. The molecule has 0 saturated heterocycles. The molecule has 10 nitrogen and oxygen atoms in total. The van der Waals surface area contributed by atoms with Crippen molar-refractivity contribution in [2.24, 2.45) is 17.6 Å². The fourth-order valence-electron chi connectivity index (χ4n) is 6.39. The van der Waals surface area contributed by atoms with Crippen LogP contribution >= 0.6 is 11.8 Å². The number of carbonyl (C=O) groups is 3. The number of amides is 1. The molecule has 0 saturated carbocycles. The third-order valence-electron chi connectivity index (χ3n) is 8.04. The molecule has 3 aliphatic carbocycles. The number of hydrogen-bond donors (Lipinski definition) is 5. The van der Waals surface area contributed by atoms with Crippen LogP contribution in [-0.2, 0) is 21.8 Å². The number of allylic oxidation sites excluding steroid dienone is 1. The van der Waals surface area contributed by atoms with E-state index in [4.69, 9.17) is 5.73 Å². The lowest BCUT2D eigenvalue weighted by molar-refractivity contribution is -0.148. The highest BCUT2D eigenvalue weighted by molar-refractivity contribution is 7.97. The van der Waals surface area contributed by atoms with Gasteiger partial charge < -0.3 is 26.2 Å². The smallest absolute Gasteiger partial charge is 0.255 e. The molecule has 3 aliphatic rings. The molecule has 2 aromatic rings. The minimum absolute atomic E-state index is 0.0111. The Balaban J connectivity index is 1.76. The van der Waals surface area contributed by atoms with Crippen molar-refractivity contribution in [3.63, 3.8) is 0 Å². The molecule has 1 aromatic heterocycles. The third-order valence-corrected chi connectivity index (χ3v) is 8.64. The summed E-state index contributed by atoms with van der Waals surface area (Å²) in [6.07, 6.45) is 3.72. The van der Waals surface area contributed by atoms with E-state index in [1.54, 1.807) is 32.4 Å². The van der Waals surface area contributed by atoms with Gasteiger partial charge in [0.2, 0.25) is 5.78 Å². The first kappa shape index (κ1) is 26.9. The summed E-state index contributed by atoms with van der Waals surface area (Å²) in [5.74, 6) is -6.25. The number of nitrogens with zero attached hydrogens (tertiary/aromatic N) is 2. The Kier molecular flexibility index (Phi) is 6.56. The number of aliphatic hydroxyl groups excluding tert-OH is 2. The molecule has 0 radical (unpaired) electrons. The minimum atomic E-state index is -2.67. The Hall–Kier alpha value is -3.67. The van der Waals surface area contributed by atoms with Crippen LogP contribution < -0.4 is 5.73 Å². The lowest BCUT2D eigenvalue weighted by atomic mass is 9.58. The molecule has 1 heterocycles. The normalized spacial score (nSPS) is 26.4. The number of aliphatic hydroxyl groups is 3. The number of pyridine rings is 1. The van der Waals surface area contributed by atoms with Crippen molar-refractivity contribution in [2.75, 3.05) is 20.4 Å². The number of ketones is 2. The van der Waals surface area contributed by atoms with Crippen LogP contribution in [0.3, 0.4) is 0 Å². The zero-order valence-corrected chi connectivity index (χ0v) is 22.5. The number of likely N-dealkylation sites (N-methyl/N-ethyl adjacent to an activating group) is 1. The van der Waals surface area contributed by atoms with E-state index < -0.39 is 58.0 Å². The second-order valence-electron chi connectivity index (χ2n) is 10.4. The lowest BCUT2D eigenvalue weighted by Crippen LogP contribution is -2.63. The fourth-order valence-corrected chi connectivity index (χ4v) is 6.92. The van der Waals surface area contributed by atoms with Crippen LogP contribution in [0, 0.1) is 11.8 Å². The molecule has 11 heteroatoms. The van der Waals surface area contributed by atoms with Crippen LogP contribution in [0.2, 0.25) is 0 Å². The quantitative estimate of drug-likeness (QED) is 0.346. The van der Waals surface area contributed by atoms with E-state index in [-0.39, 0.29) is 29.7 Å². The van der Waals surface area contributed by atoms with Crippen LogP contribution in [0.15, 0.2) is 53.1 Å². The molecule has 0 fully saturated rings. The van der Waals surface area contributed by atoms with Gasteiger partial charge in [-0.25, -0.2) is 0 Å². The van der Waals surface area contributed by atoms with Crippen molar-refractivity contribution in [1.29, 1.82) is 0 Å². The predicted molar refractivity (Wildman–Crippen MR) is 144 cm³/mol. The van der Waals surface area contributed by atoms with E-state index >= 15 is 0 Å². The number of phenols is 1. The number of benzene rings is 1. The van der Waals surface area contributed by atoms with Crippen molar-refractivity contribution in [2.45, 2.75) is 30.2 Å². The summed E-state index contributed by atoms with van der Waals surface area (Å²) in [7, 11) is 3.19. The maximum absolute atomic E-state index is 14.0. The van der Waals surface area contributed by atoms with E-state index in [9.17, 15) is 34.8 Å². The van der Waals surface area contributed by atoms with Crippen molar-refractivity contribution in [3.05, 3.63) is 69.8 Å². The zero-order chi connectivity index (χ0) is 28.4. The number of primary amides is 1. The highest BCUT2D eigenvalue weighted by atomic mass is 32.2. The number of thioether (sulfide) groups is 1. The SMILES string of the molecule is CSCc1cc(-c2ccccn2)c2c(c1O)C(=O)C1=C(O)[C@]3(O)C(=O)C(C(N)=O)=C(O)[C@@H](N(C)C)[C@@H]3C[C@@H]1C2. The van der Waals surface area contributed by atoms with Crippen LogP contribution in [0.1, 0.15) is 27.9 Å². The molecule has 6 N–H and O–H groups in total. The Morgan fingerprint density at radius 1 is 1.23 bits per heavy atom. The van der Waals surface area contributed by atoms with E-state index in [2.05, 4.69) is 4.98 Å². The molecular weight excluding hydrogens is 522 g/mol. The van der Waals surface area contributed by atoms with Gasteiger partial charge in [0.15, 0.2) is 11.4 Å². The summed E-state index contributed by atoms with van der Waals surface area (Å²) in [5, 5.41) is 45.3. The number of Topliss-reactive ketones (excluding diaryl/α,β-unsaturated/α-hetero) is 2. The lowest BCUT2D eigenvalue weighted by Gasteiger charge is -2.50. The standard InChI is InChI=1S/C28H29N3O7S/c1-31(2)21-16-10-12-8-15-14(17-6-4-5-7-30-17)9-13(11-39-3)22(32)19(15)23(33)18(12)25(35)28(16,38)26(36)20(24(21)34)27(29)37/h4-7,9,12,16,21,32,34-35,38H,8,10-11H2,1-3H3,(H2,29,37)/t12-,16-,21-,28-/m0/s1. The van der Waals surface area contributed by atoms with Gasteiger partial charge in [0, 0.05) is 34.6 Å². The first-order valence-corrected chi connectivity index (χ1v) is 13.8. The van der Waals surface area contributed by atoms with Crippen molar-refractivity contribution < 1.29 is 34.8 Å². The minimum Gasteiger partial charge on any atom is -0.510 e. The van der Waals surface area contributed by atoms with E-state index in [1.165, 1.54) is 16.7 Å². The summed E-state index contributed by atoms with van der Waals surface area (Å²) in [6, 6.07) is 6.17. The fraction of sp³-hybridized carbons (Fsp3) is 0.357. The molecular formula is C28H29N3O7S. The number of fused-ring (bicyclic) bond motifs is 3. The second kappa shape index (κ2) is 9.51. The molecule has 0 bridgehead atoms. The molecule has 0 aliphatic heterocycles. The van der Waals surface area contributed by atoms with Crippen LogP contribution in [0.25, 0.3) is 11.3 Å². The predicted octanol–water partition coefficient (Wildman–Crippen LogP) is 2.05. The van der Waals surface area contributed by atoms with Crippen LogP contribution in [0.5, 0.6) is 5.75 Å². The van der Waals surface area contributed by atoms with Gasteiger partial charge in [0.25, 0.3) is 5.91 Å². The number of phenolic OH excluding ortho intramolecular Hbond substituents is 1. The van der Waals surface area contributed by atoms with Gasteiger partial charge in [0.05, 0.1) is 17.3 Å². The van der Waals surface area contributed by atoms with Crippen molar-refractivity contribution >= 4 is 29.2 Å². The van der Waals surface area contributed by atoms with Crippen molar-refractivity contribution in [3.8, 4) is 17.0 Å². The van der Waals surface area contributed by atoms with Gasteiger partial charge in [-0.15, -0.1) is 0 Å². The highest BCUT2D eigenvalue weighted by Gasteiger charge is 2.63. The molecule has 0 spiro atoms. The second-order valence-corrected chi connectivity index (χ2v) is 11.3. The largest absolute Gasteiger partial charge is 0.510 e. The first-order chi connectivity index (χ1) is 18.4. The average Bonchev–Trinajstić information content (AvgIpc) is 2.88. The van der Waals surface area contributed by atoms with E-state index in [0.29, 0.717) is 28.1 Å². The maximum atomic E-state index is 14.0. The zero-order valence-electron chi connectivity index (χ0n) is 21.6. The number of nitrogens with two attached hydrogens (primary N) is 1. The summed E-state index contributed by atoms with van der Waals surface area (Å²) in [4.78, 5) is 45.6. The molecule has 1 amide bonds. The van der Waals surface area contributed by atoms with Gasteiger partial charge in [0.1, 0.15) is 22.8 Å². The number of aromatic nitrogens is 1. The third kappa shape index (κ3) is 3.79. The topological polar surface area (TPSA) is 174 Å². The number of hydrogen-bond acceptors (Lipinski definition) is 10. The van der Waals surface area contributed by atoms with Gasteiger partial charge >= 0.3 is 0 Å². The van der Waals surface area contributed by atoms with Gasteiger partial charge in [-0.2, -0.15) is 11.8 Å². The first-order valence-electron chi connectivity index (χ1n) is 12.4. The number of carbonyl (C=O) groups excluding carboxylic acids is 3. The molecule has 39 heavy (non-hydrogen) atoms. The summed E-state index contributed by atoms with van der Waals surface area (Å²) < 4.78 is 0. The van der Waals surface area contributed by atoms with Crippen LogP contribution in [0.4, 0.5) is 0 Å². The average molecular weight is 552 g/mol.